The van der Waals surface area contributed by atoms with E-state index in [-0.39, 0.29) is 12.4 Å². The topological polar surface area (TPSA) is 72.2 Å². The zero-order valence-corrected chi connectivity index (χ0v) is 21.0. The summed E-state index contributed by atoms with van der Waals surface area (Å²) in [5, 5.41) is 16.6. The van der Waals surface area contributed by atoms with Crippen LogP contribution in [0.5, 0.6) is 0 Å². The number of rotatable bonds is 6. The van der Waals surface area contributed by atoms with Gasteiger partial charge >= 0.3 is 6.18 Å². The summed E-state index contributed by atoms with van der Waals surface area (Å²) < 4.78 is 39.7. The van der Waals surface area contributed by atoms with Crippen LogP contribution in [0.3, 0.4) is 0 Å². The van der Waals surface area contributed by atoms with Crippen molar-refractivity contribution in [2.24, 2.45) is 0 Å². The van der Waals surface area contributed by atoms with Crippen LogP contribution in [0.15, 0.2) is 78.9 Å². The molecule has 5 aromatic rings. The minimum Gasteiger partial charge on any atom is -0.345 e. The van der Waals surface area contributed by atoms with Gasteiger partial charge < -0.3 is 5.32 Å². The highest BCUT2D eigenvalue weighted by Gasteiger charge is 2.30. The lowest BCUT2D eigenvalue weighted by atomic mass is 10.00. The molecule has 2 heterocycles. The Morgan fingerprint density at radius 2 is 1.58 bits per heavy atom. The number of halogens is 5. The predicted molar refractivity (Wildman–Crippen MR) is 138 cm³/mol. The van der Waals surface area contributed by atoms with Crippen LogP contribution in [0.1, 0.15) is 32.9 Å². The molecule has 3 aromatic carbocycles. The van der Waals surface area contributed by atoms with Gasteiger partial charge in [-0.1, -0.05) is 65.7 Å². The monoisotopic (exact) mass is 555 g/mol. The van der Waals surface area contributed by atoms with Crippen LogP contribution in [0.4, 0.5) is 13.2 Å². The summed E-state index contributed by atoms with van der Waals surface area (Å²) in [6.07, 6.45) is -3.93. The van der Waals surface area contributed by atoms with Crippen molar-refractivity contribution in [3.8, 4) is 11.3 Å². The summed E-state index contributed by atoms with van der Waals surface area (Å²) in [5.74, 6) is -0.654. The van der Waals surface area contributed by atoms with Crippen LogP contribution in [0.25, 0.3) is 16.9 Å². The molecular formula is C27H18Cl2F3N5O. The number of benzene rings is 3. The van der Waals surface area contributed by atoms with Gasteiger partial charge in [-0.3, -0.25) is 4.79 Å². The first-order valence-corrected chi connectivity index (χ1v) is 12.1. The van der Waals surface area contributed by atoms with E-state index in [9.17, 15) is 18.0 Å². The zero-order valence-electron chi connectivity index (χ0n) is 19.5. The van der Waals surface area contributed by atoms with Gasteiger partial charge in [-0.05, 0) is 59.5 Å². The van der Waals surface area contributed by atoms with E-state index >= 15 is 0 Å². The third-order valence-electron chi connectivity index (χ3n) is 5.85. The van der Waals surface area contributed by atoms with Gasteiger partial charge in [0.15, 0.2) is 5.65 Å². The Balaban J connectivity index is 1.46. The molecule has 0 spiro atoms. The van der Waals surface area contributed by atoms with E-state index in [1.807, 2.05) is 30.3 Å². The second-order valence-corrected chi connectivity index (χ2v) is 9.32. The summed E-state index contributed by atoms with van der Waals surface area (Å²) in [6, 6.07) is 21.0. The minimum absolute atomic E-state index is 0.00208. The van der Waals surface area contributed by atoms with Crippen LogP contribution in [0, 0.1) is 0 Å². The fourth-order valence-corrected chi connectivity index (χ4v) is 4.27. The van der Waals surface area contributed by atoms with Crippen LogP contribution >= 0.6 is 23.2 Å². The first kappa shape index (κ1) is 25.7. The fraction of sp³-hybridized carbons (Fsp3) is 0.111. The first-order valence-electron chi connectivity index (χ1n) is 11.4. The lowest BCUT2D eigenvalue weighted by Crippen LogP contribution is -2.25. The van der Waals surface area contributed by atoms with E-state index in [4.69, 9.17) is 23.2 Å². The zero-order chi connectivity index (χ0) is 26.9. The molecule has 0 aliphatic heterocycles. The summed E-state index contributed by atoms with van der Waals surface area (Å²) in [4.78, 5) is 12.9. The van der Waals surface area contributed by atoms with Crippen molar-refractivity contribution in [2.75, 3.05) is 0 Å². The number of nitrogens with zero attached hydrogens (tertiary/aromatic N) is 4. The molecule has 38 heavy (non-hydrogen) atoms. The van der Waals surface area contributed by atoms with Crippen molar-refractivity contribution in [3.05, 3.63) is 117 Å². The molecule has 5 rings (SSSR count). The number of hydrogen-bond acceptors (Lipinski definition) is 4. The molecule has 0 fully saturated rings. The highest BCUT2D eigenvalue weighted by Crippen LogP contribution is 2.31. The predicted octanol–water partition coefficient (Wildman–Crippen LogP) is 6.64. The molecule has 1 amide bonds. The summed E-state index contributed by atoms with van der Waals surface area (Å²) in [7, 11) is 0. The fourth-order valence-electron chi connectivity index (χ4n) is 3.92. The molecular weight excluding hydrogens is 538 g/mol. The van der Waals surface area contributed by atoms with E-state index in [1.54, 1.807) is 24.3 Å². The molecule has 0 bridgehead atoms. The van der Waals surface area contributed by atoms with E-state index in [2.05, 4.69) is 20.6 Å². The van der Waals surface area contributed by atoms with Crippen LogP contribution in [-0.2, 0) is 19.1 Å². The molecule has 0 aliphatic rings. The van der Waals surface area contributed by atoms with E-state index in [1.165, 1.54) is 16.6 Å². The van der Waals surface area contributed by atoms with Crippen molar-refractivity contribution in [2.45, 2.75) is 19.1 Å². The van der Waals surface area contributed by atoms with Gasteiger partial charge in [-0.25, -0.2) is 0 Å². The average molecular weight is 556 g/mol. The Bertz CT molecular complexity index is 1620. The SMILES string of the molecule is O=C(NCc1ccc(C(F)(F)F)cc1)c1nnc2cc(Cc3ccc(Cl)cc3)c(-c3ccccc3Cl)nn12. The Hall–Kier alpha value is -3.95. The Morgan fingerprint density at radius 1 is 0.895 bits per heavy atom. The molecule has 11 heteroatoms. The molecule has 0 aliphatic carbocycles. The third-order valence-corrected chi connectivity index (χ3v) is 6.43. The molecule has 0 saturated carbocycles. The first-order chi connectivity index (χ1) is 18.2. The standard InChI is InChI=1S/C27H18Cl2F3N5O/c28-20-11-7-16(8-12-20)13-18-14-23-34-35-25(37(23)36-24(18)21-3-1-2-4-22(21)29)26(38)33-15-17-5-9-19(10-6-17)27(30,31)32/h1-12,14H,13,15H2,(H,33,38). The van der Waals surface area contributed by atoms with Crippen molar-refractivity contribution >= 4 is 34.8 Å². The van der Waals surface area contributed by atoms with Crippen molar-refractivity contribution < 1.29 is 18.0 Å². The normalized spacial score (nSPS) is 11.6. The number of aromatic nitrogens is 4. The molecule has 0 saturated heterocycles. The maximum atomic E-state index is 12.9. The van der Waals surface area contributed by atoms with Gasteiger partial charge in [0.1, 0.15) is 0 Å². The minimum atomic E-state index is -4.43. The number of fused-ring (bicyclic) bond motifs is 1. The summed E-state index contributed by atoms with van der Waals surface area (Å²) >= 11 is 12.5. The summed E-state index contributed by atoms with van der Waals surface area (Å²) in [5.41, 5.74) is 3.11. The Kier molecular flexibility index (Phi) is 7.05. The smallest absolute Gasteiger partial charge is 0.345 e. The number of alkyl halides is 3. The molecule has 0 atom stereocenters. The highest BCUT2D eigenvalue weighted by atomic mass is 35.5. The van der Waals surface area contributed by atoms with Gasteiger partial charge in [0.05, 0.1) is 16.3 Å². The number of amides is 1. The van der Waals surface area contributed by atoms with E-state index in [0.717, 1.165) is 23.3 Å². The van der Waals surface area contributed by atoms with Gasteiger partial charge in [0.2, 0.25) is 5.82 Å². The lowest BCUT2D eigenvalue weighted by molar-refractivity contribution is -0.137. The average Bonchev–Trinajstić information content (AvgIpc) is 3.31. The largest absolute Gasteiger partial charge is 0.416 e. The molecule has 192 valence electrons. The highest BCUT2D eigenvalue weighted by molar-refractivity contribution is 6.33. The van der Waals surface area contributed by atoms with Gasteiger partial charge in [0.25, 0.3) is 5.91 Å². The second-order valence-electron chi connectivity index (χ2n) is 8.47. The summed E-state index contributed by atoms with van der Waals surface area (Å²) in [6.45, 7) is -0.00208. The number of nitrogens with one attached hydrogen (secondary N) is 1. The van der Waals surface area contributed by atoms with Crippen LogP contribution in [-0.4, -0.2) is 25.7 Å². The van der Waals surface area contributed by atoms with Crippen molar-refractivity contribution in [1.29, 1.82) is 0 Å². The number of hydrogen-bond donors (Lipinski definition) is 1. The van der Waals surface area contributed by atoms with Crippen LogP contribution < -0.4 is 5.32 Å². The van der Waals surface area contributed by atoms with Gasteiger partial charge in [-0.15, -0.1) is 10.2 Å². The lowest BCUT2D eigenvalue weighted by Gasteiger charge is -2.12. The molecule has 0 unspecified atom stereocenters. The van der Waals surface area contributed by atoms with Gasteiger partial charge in [0, 0.05) is 17.1 Å². The Labute approximate surface area is 225 Å². The van der Waals surface area contributed by atoms with E-state index < -0.39 is 17.6 Å². The third kappa shape index (κ3) is 5.49. The molecule has 0 radical (unpaired) electrons. The van der Waals surface area contributed by atoms with Gasteiger partial charge in [-0.2, -0.15) is 22.8 Å². The van der Waals surface area contributed by atoms with Crippen molar-refractivity contribution in [1.82, 2.24) is 25.1 Å². The van der Waals surface area contributed by atoms with Crippen LogP contribution in [0.2, 0.25) is 10.0 Å². The number of carbonyl (C=O) groups is 1. The maximum absolute atomic E-state index is 12.9. The van der Waals surface area contributed by atoms with E-state index in [0.29, 0.717) is 38.9 Å². The molecule has 6 nitrogen and oxygen atoms in total. The second kappa shape index (κ2) is 10.4. The molecule has 2 aromatic heterocycles. The molecule has 1 N–H and O–H groups in total. The maximum Gasteiger partial charge on any atom is 0.416 e. The van der Waals surface area contributed by atoms with Crippen molar-refractivity contribution in [3.63, 3.8) is 0 Å². The number of carbonyl (C=O) groups excluding carboxylic acids is 1. The Morgan fingerprint density at radius 3 is 2.26 bits per heavy atom. The quantitative estimate of drug-likeness (QED) is 0.255.